The molecule has 0 aromatic heterocycles. The van der Waals surface area contributed by atoms with E-state index in [2.05, 4.69) is 5.32 Å². The normalized spacial score (nSPS) is 16.2. The fraction of sp³-hybridized carbons (Fsp3) is 0.625. The van der Waals surface area contributed by atoms with E-state index >= 15 is 0 Å². The second-order valence-corrected chi connectivity index (χ2v) is 7.99. The predicted octanol–water partition coefficient (Wildman–Crippen LogP) is 2.81. The Morgan fingerprint density at radius 3 is 2.19 bits per heavy atom. The molecule has 0 saturated heterocycles. The van der Waals surface area contributed by atoms with Gasteiger partial charge >= 0.3 is 0 Å². The maximum absolute atomic E-state index is 12.5. The van der Waals surface area contributed by atoms with Crippen LogP contribution in [0.2, 0.25) is 0 Å². The molecule has 0 saturated carbocycles. The summed E-state index contributed by atoms with van der Waals surface area (Å²) in [6, 6.07) is 7.32. The first-order chi connectivity index (χ1) is 9.85. The number of hydrogen-bond donors (Lipinski definition) is 1. The molecule has 0 aliphatic heterocycles. The van der Waals surface area contributed by atoms with E-state index in [0.717, 1.165) is 17.7 Å². The average Bonchev–Trinajstić information content (AvgIpc) is 2.48. The Labute approximate surface area is 128 Å². The van der Waals surface area contributed by atoms with E-state index in [1.807, 2.05) is 38.1 Å². The Kier molecular flexibility index (Phi) is 6.68. The number of rotatable bonds is 8. The van der Waals surface area contributed by atoms with E-state index < -0.39 is 15.1 Å². The molecule has 3 atom stereocenters. The van der Waals surface area contributed by atoms with Crippen molar-refractivity contribution in [2.75, 3.05) is 19.9 Å². The molecule has 3 unspecified atom stereocenters. The molecule has 1 N–H and O–H groups in total. The van der Waals surface area contributed by atoms with Crippen LogP contribution < -0.4 is 10.1 Å². The summed E-state index contributed by atoms with van der Waals surface area (Å²) >= 11 is 0. The molecule has 5 heteroatoms. The molecular formula is C16H27NO3S. The first-order valence-corrected chi connectivity index (χ1v) is 9.10. The standard InChI is InChI=1S/C16H27NO3S/c1-6-12(2)11-21(18,19)13(3)16(17-4)14-7-9-15(20-5)10-8-14/h7-10,12-13,16-17H,6,11H2,1-5H3. The van der Waals surface area contributed by atoms with Crippen LogP contribution in [0.5, 0.6) is 5.75 Å². The van der Waals surface area contributed by atoms with E-state index in [1.165, 1.54) is 0 Å². The van der Waals surface area contributed by atoms with Crippen molar-refractivity contribution in [2.24, 2.45) is 5.92 Å². The molecule has 0 aliphatic rings. The van der Waals surface area contributed by atoms with Gasteiger partial charge < -0.3 is 10.1 Å². The summed E-state index contributed by atoms with van der Waals surface area (Å²) in [6.07, 6.45) is 0.874. The molecular weight excluding hydrogens is 286 g/mol. The Bertz CT molecular complexity index is 525. The van der Waals surface area contributed by atoms with E-state index in [0.29, 0.717) is 0 Å². The van der Waals surface area contributed by atoms with Crippen molar-refractivity contribution in [1.29, 1.82) is 0 Å². The van der Waals surface area contributed by atoms with E-state index in [4.69, 9.17) is 4.74 Å². The molecule has 0 amide bonds. The Morgan fingerprint density at radius 1 is 1.19 bits per heavy atom. The second kappa shape index (κ2) is 7.80. The van der Waals surface area contributed by atoms with Crippen LogP contribution in [0.3, 0.4) is 0 Å². The van der Waals surface area contributed by atoms with Crippen molar-refractivity contribution in [3.05, 3.63) is 29.8 Å². The smallest absolute Gasteiger partial charge is 0.155 e. The van der Waals surface area contributed by atoms with Crippen LogP contribution in [0.1, 0.15) is 38.8 Å². The van der Waals surface area contributed by atoms with Gasteiger partial charge in [0, 0.05) is 6.04 Å². The molecule has 1 aromatic carbocycles. The predicted molar refractivity (Wildman–Crippen MR) is 87.5 cm³/mol. The van der Waals surface area contributed by atoms with Crippen molar-refractivity contribution < 1.29 is 13.2 Å². The van der Waals surface area contributed by atoms with E-state index in [9.17, 15) is 8.42 Å². The zero-order valence-electron chi connectivity index (χ0n) is 13.6. The molecule has 1 aromatic rings. The van der Waals surface area contributed by atoms with Crippen LogP contribution in [0.25, 0.3) is 0 Å². The molecule has 21 heavy (non-hydrogen) atoms. The van der Waals surface area contributed by atoms with Crippen LogP contribution in [0.4, 0.5) is 0 Å². The molecule has 0 heterocycles. The fourth-order valence-corrected chi connectivity index (χ4v) is 4.40. The lowest BCUT2D eigenvalue weighted by Gasteiger charge is -2.25. The van der Waals surface area contributed by atoms with Gasteiger partial charge in [-0.05, 0) is 37.6 Å². The largest absolute Gasteiger partial charge is 0.497 e. The summed E-state index contributed by atoms with van der Waals surface area (Å²) < 4.78 is 30.2. The molecule has 0 fully saturated rings. The second-order valence-electron chi connectivity index (χ2n) is 5.59. The summed E-state index contributed by atoms with van der Waals surface area (Å²) in [4.78, 5) is 0. The zero-order valence-corrected chi connectivity index (χ0v) is 14.4. The van der Waals surface area contributed by atoms with Crippen LogP contribution in [-0.4, -0.2) is 33.6 Å². The highest BCUT2D eigenvalue weighted by Crippen LogP contribution is 2.25. The molecule has 0 aliphatic carbocycles. The maximum Gasteiger partial charge on any atom is 0.155 e. The minimum Gasteiger partial charge on any atom is -0.497 e. The van der Waals surface area contributed by atoms with Crippen molar-refractivity contribution in [3.63, 3.8) is 0 Å². The molecule has 0 radical (unpaired) electrons. The van der Waals surface area contributed by atoms with Gasteiger partial charge in [0.2, 0.25) is 0 Å². The zero-order chi connectivity index (χ0) is 16.0. The van der Waals surface area contributed by atoms with Crippen molar-refractivity contribution >= 4 is 9.84 Å². The van der Waals surface area contributed by atoms with Gasteiger partial charge in [0.05, 0.1) is 18.1 Å². The first kappa shape index (κ1) is 18.0. The fourth-order valence-electron chi connectivity index (χ4n) is 2.36. The quantitative estimate of drug-likeness (QED) is 0.802. The van der Waals surface area contributed by atoms with E-state index in [1.54, 1.807) is 21.1 Å². The Morgan fingerprint density at radius 2 is 1.76 bits per heavy atom. The summed E-state index contributed by atoms with van der Waals surface area (Å²) in [5.74, 6) is 1.19. The van der Waals surface area contributed by atoms with Crippen molar-refractivity contribution in [2.45, 2.75) is 38.5 Å². The SMILES string of the molecule is CCC(C)CS(=O)(=O)C(C)C(NC)c1ccc(OC)cc1. The van der Waals surface area contributed by atoms with Gasteiger partial charge in [-0.25, -0.2) is 8.42 Å². The molecule has 120 valence electrons. The lowest BCUT2D eigenvalue weighted by molar-refractivity contribution is 0.414. The number of benzene rings is 1. The molecule has 4 nitrogen and oxygen atoms in total. The first-order valence-electron chi connectivity index (χ1n) is 7.38. The highest BCUT2D eigenvalue weighted by Gasteiger charge is 2.30. The average molecular weight is 313 g/mol. The number of methoxy groups -OCH3 is 1. The van der Waals surface area contributed by atoms with Gasteiger partial charge in [-0.2, -0.15) is 0 Å². The Hall–Kier alpha value is -1.07. The van der Waals surface area contributed by atoms with Gasteiger partial charge in [-0.3, -0.25) is 0 Å². The van der Waals surface area contributed by atoms with Crippen LogP contribution in [-0.2, 0) is 9.84 Å². The van der Waals surface area contributed by atoms with Gasteiger partial charge in [-0.1, -0.05) is 32.4 Å². The number of hydrogen-bond acceptors (Lipinski definition) is 4. The van der Waals surface area contributed by atoms with E-state index in [-0.39, 0.29) is 17.7 Å². The topological polar surface area (TPSA) is 55.4 Å². The summed E-state index contributed by atoms with van der Waals surface area (Å²) in [5, 5.41) is 2.67. The third-order valence-corrected chi connectivity index (χ3v) is 6.47. The third-order valence-electron chi connectivity index (χ3n) is 4.04. The van der Waals surface area contributed by atoms with Gasteiger partial charge in [-0.15, -0.1) is 0 Å². The summed E-state index contributed by atoms with van der Waals surface area (Å²) in [6.45, 7) is 5.78. The van der Waals surface area contributed by atoms with Crippen LogP contribution >= 0.6 is 0 Å². The van der Waals surface area contributed by atoms with Crippen molar-refractivity contribution in [3.8, 4) is 5.75 Å². The Balaban J connectivity index is 2.97. The summed E-state index contributed by atoms with van der Waals surface area (Å²) in [7, 11) is 0.270. The van der Waals surface area contributed by atoms with Gasteiger partial charge in [0.15, 0.2) is 9.84 Å². The highest BCUT2D eigenvalue weighted by molar-refractivity contribution is 7.92. The molecule has 0 bridgehead atoms. The van der Waals surface area contributed by atoms with Crippen molar-refractivity contribution in [1.82, 2.24) is 5.32 Å². The third kappa shape index (κ3) is 4.71. The molecule has 1 rings (SSSR count). The number of ether oxygens (including phenoxy) is 1. The van der Waals surface area contributed by atoms with Gasteiger partial charge in [0.25, 0.3) is 0 Å². The van der Waals surface area contributed by atoms with Gasteiger partial charge in [0.1, 0.15) is 5.75 Å². The lowest BCUT2D eigenvalue weighted by atomic mass is 10.0. The number of nitrogens with one attached hydrogen (secondary N) is 1. The highest BCUT2D eigenvalue weighted by atomic mass is 32.2. The minimum absolute atomic E-state index is 0.186. The maximum atomic E-state index is 12.5. The minimum atomic E-state index is -3.14. The summed E-state index contributed by atoms with van der Waals surface area (Å²) in [5.41, 5.74) is 0.957. The number of sulfone groups is 1. The van der Waals surface area contributed by atoms with Crippen LogP contribution in [0, 0.1) is 5.92 Å². The molecule has 0 spiro atoms. The lowest BCUT2D eigenvalue weighted by Crippen LogP contribution is -2.36. The monoisotopic (exact) mass is 313 g/mol. The van der Waals surface area contributed by atoms with Crippen LogP contribution in [0.15, 0.2) is 24.3 Å².